The third-order valence-electron chi connectivity index (χ3n) is 4.60. The molecule has 0 aliphatic carbocycles. The van der Waals surface area contributed by atoms with Gasteiger partial charge in [0.25, 0.3) is 5.91 Å². The van der Waals surface area contributed by atoms with Crippen molar-refractivity contribution < 1.29 is 13.8 Å². The van der Waals surface area contributed by atoms with Crippen LogP contribution in [0, 0.1) is 0 Å². The van der Waals surface area contributed by atoms with Gasteiger partial charge in [0.15, 0.2) is 11.0 Å². The van der Waals surface area contributed by atoms with Crippen LogP contribution >= 0.6 is 23.2 Å². The molecule has 1 aliphatic rings. The minimum Gasteiger partial charge on any atom is -0.348 e. The van der Waals surface area contributed by atoms with Crippen molar-refractivity contribution in [3.8, 4) is 0 Å². The van der Waals surface area contributed by atoms with E-state index in [4.69, 9.17) is 23.2 Å². The van der Waals surface area contributed by atoms with Gasteiger partial charge in [-0.1, -0.05) is 29.3 Å². The number of halogens is 2. The minimum atomic E-state index is -1.75. The maximum absolute atomic E-state index is 13.0. The van der Waals surface area contributed by atoms with E-state index in [9.17, 15) is 13.8 Å². The van der Waals surface area contributed by atoms with Gasteiger partial charge in [0.1, 0.15) is 4.91 Å². The van der Waals surface area contributed by atoms with Gasteiger partial charge in [-0.25, -0.2) is 4.21 Å². The standard InChI is InChI=1S/C22H15Cl2N3O3S/c23-17-3-1-14(9-18(17)24)10-20-21(28)16-11-15(2-4-19(16)27-31(20)30)22(29)26-12-13-5-7-25-8-6-13/h1-11,27H,12H2,(H,26,29)/b20-10-. The number of pyridine rings is 1. The number of anilines is 1. The number of benzene rings is 2. The van der Waals surface area contributed by atoms with E-state index < -0.39 is 16.8 Å². The predicted molar refractivity (Wildman–Crippen MR) is 122 cm³/mol. The number of nitrogens with one attached hydrogen (secondary N) is 2. The first-order chi connectivity index (χ1) is 14.9. The molecule has 0 saturated carbocycles. The van der Waals surface area contributed by atoms with E-state index in [1.54, 1.807) is 54.9 Å². The number of rotatable bonds is 4. The average molecular weight is 472 g/mol. The fourth-order valence-electron chi connectivity index (χ4n) is 2.99. The summed E-state index contributed by atoms with van der Waals surface area (Å²) in [5, 5.41) is 3.51. The smallest absolute Gasteiger partial charge is 0.251 e. The number of carbonyl (C=O) groups is 2. The van der Waals surface area contributed by atoms with Crippen LogP contribution in [0.2, 0.25) is 10.0 Å². The molecule has 0 bridgehead atoms. The number of fused-ring (bicyclic) bond motifs is 1. The van der Waals surface area contributed by atoms with Crippen LogP contribution in [0.25, 0.3) is 6.08 Å². The molecule has 9 heteroatoms. The highest BCUT2D eigenvalue weighted by Crippen LogP contribution is 2.31. The zero-order valence-electron chi connectivity index (χ0n) is 15.9. The van der Waals surface area contributed by atoms with E-state index in [-0.39, 0.29) is 16.4 Å². The molecule has 1 atom stereocenters. The van der Waals surface area contributed by atoms with Crippen LogP contribution in [0.15, 0.2) is 65.8 Å². The molecule has 1 amide bonds. The highest BCUT2D eigenvalue weighted by Gasteiger charge is 2.28. The summed E-state index contributed by atoms with van der Waals surface area (Å²) in [6, 6.07) is 13.1. The first-order valence-electron chi connectivity index (χ1n) is 9.13. The molecule has 6 nitrogen and oxygen atoms in total. The molecule has 4 rings (SSSR count). The largest absolute Gasteiger partial charge is 0.348 e. The molecule has 0 saturated heterocycles. The van der Waals surface area contributed by atoms with Crippen molar-refractivity contribution in [1.29, 1.82) is 0 Å². The Labute approximate surface area is 190 Å². The fraction of sp³-hybridized carbons (Fsp3) is 0.0455. The summed E-state index contributed by atoms with van der Waals surface area (Å²) in [6.45, 7) is 0.330. The van der Waals surface area contributed by atoms with Gasteiger partial charge >= 0.3 is 0 Å². The first-order valence-corrected chi connectivity index (χ1v) is 11.0. The maximum Gasteiger partial charge on any atom is 0.251 e. The van der Waals surface area contributed by atoms with Crippen LogP contribution in [0.5, 0.6) is 0 Å². The molecule has 0 radical (unpaired) electrons. The summed E-state index contributed by atoms with van der Waals surface area (Å²) in [7, 11) is -1.75. The van der Waals surface area contributed by atoms with Crippen LogP contribution in [0.1, 0.15) is 31.8 Å². The SMILES string of the molecule is O=C(NCc1ccncc1)c1ccc2c(c1)C(=O)/C(=C/c1ccc(Cl)c(Cl)c1)S(=O)N2. The highest BCUT2D eigenvalue weighted by molar-refractivity contribution is 7.91. The molecule has 3 aromatic rings. The van der Waals surface area contributed by atoms with Crippen molar-refractivity contribution in [3.63, 3.8) is 0 Å². The minimum absolute atomic E-state index is 0.0558. The second-order valence-corrected chi connectivity index (χ2v) is 8.68. The molecule has 0 fully saturated rings. The summed E-state index contributed by atoms with van der Waals surface area (Å²) in [4.78, 5) is 29.6. The van der Waals surface area contributed by atoms with Crippen molar-refractivity contribution >= 4 is 57.6 Å². The van der Waals surface area contributed by atoms with E-state index in [0.717, 1.165) is 5.56 Å². The summed E-state index contributed by atoms with van der Waals surface area (Å²) < 4.78 is 15.4. The molecule has 1 unspecified atom stereocenters. The Bertz CT molecular complexity index is 1250. The molecular weight excluding hydrogens is 457 g/mol. The molecule has 0 spiro atoms. The number of carbonyl (C=O) groups excluding carboxylic acids is 2. The first kappa shape index (κ1) is 21.2. The van der Waals surface area contributed by atoms with Crippen LogP contribution in [0.3, 0.4) is 0 Å². The molecule has 156 valence electrons. The summed E-state index contributed by atoms with van der Waals surface area (Å²) in [6.07, 6.45) is 4.78. The average Bonchev–Trinajstić information content (AvgIpc) is 2.78. The lowest BCUT2D eigenvalue weighted by atomic mass is 10.0. The Kier molecular flexibility index (Phi) is 6.18. The lowest BCUT2D eigenvalue weighted by molar-refractivity contribution is 0.0951. The number of nitrogens with zero attached hydrogens (tertiary/aromatic N) is 1. The summed E-state index contributed by atoms with van der Waals surface area (Å²) >= 11 is 12.0. The fourth-order valence-corrected chi connectivity index (χ4v) is 4.31. The zero-order valence-corrected chi connectivity index (χ0v) is 18.2. The molecule has 2 N–H and O–H groups in total. The van der Waals surface area contributed by atoms with E-state index in [1.807, 2.05) is 0 Å². The second kappa shape index (κ2) is 9.01. The number of Topliss-reactive ketones (excluding diaryl/α,β-unsaturated/α-hetero) is 1. The van der Waals surface area contributed by atoms with Crippen molar-refractivity contribution in [1.82, 2.24) is 10.3 Å². The lowest BCUT2D eigenvalue weighted by Crippen LogP contribution is -2.25. The number of allylic oxidation sites excluding steroid dienone is 1. The number of aromatic nitrogens is 1. The van der Waals surface area contributed by atoms with Gasteiger partial charge in [0.05, 0.1) is 15.7 Å². The van der Waals surface area contributed by atoms with Crippen LogP contribution in [0.4, 0.5) is 5.69 Å². The normalized spacial score (nSPS) is 16.5. The Hall–Kier alpha value is -3.00. The molecule has 2 heterocycles. The third-order valence-corrected chi connectivity index (χ3v) is 6.44. The molecule has 2 aromatic carbocycles. The van der Waals surface area contributed by atoms with Gasteiger partial charge in [-0.2, -0.15) is 0 Å². The lowest BCUT2D eigenvalue weighted by Gasteiger charge is -2.19. The van der Waals surface area contributed by atoms with Crippen LogP contribution < -0.4 is 10.0 Å². The molecular formula is C22H15Cl2N3O3S. The quantitative estimate of drug-likeness (QED) is 0.542. The maximum atomic E-state index is 13.0. The van der Waals surface area contributed by atoms with Crippen molar-refractivity contribution in [2.75, 3.05) is 4.72 Å². The van der Waals surface area contributed by atoms with Gasteiger partial charge in [-0.05, 0) is 59.7 Å². The number of ketones is 1. The number of hydrogen-bond acceptors (Lipinski definition) is 4. The highest BCUT2D eigenvalue weighted by atomic mass is 35.5. The van der Waals surface area contributed by atoms with E-state index in [1.165, 1.54) is 12.1 Å². The van der Waals surface area contributed by atoms with Crippen molar-refractivity contribution in [3.05, 3.63) is 98.1 Å². The van der Waals surface area contributed by atoms with Crippen molar-refractivity contribution in [2.45, 2.75) is 6.54 Å². The molecule has 1 aromatic heterocycles. The second-order valence-electron chi connectivity index (χ2n) is 6.68. The number of amides is 1. The monoisotopic (exact) mass is 471 g/mol. The van der Waals surface area contributed by atoms with Gasteiger partial charge in [0.2, 0.25) is 5.78 Å². The van der Waals surface area contributed by atoms with Crippen LogP contribution in [-0.2, 0) is 17.5 Å². The predicted octanol–water partition coefficient (Wildman–Crippen LogP) is 4.63. The van der Waals surface area contributed by atoms with Crippen LogP contribution in [-0.4, -0.2) is 20.9 Å². The molecule has 31 heavy (non-hydrogen) atoms. The Balaban J connectivity index is 1.59. The van der Waals surface area contributed by atoms with Crippen molar-refractivity contribution in [2.24, 2.45) is 0 Å². The topological polar surface area (TPSA) is 88.2 Å². The molecule has 1 aliphatic heterocycles. The van der Waals surface area contributed by atoms with E-state index in [2.05, 4.69) is 15.0 Å². The van der Waals surface area contributed by atoms with Gasteiger partial charge in [0, 0.05) is 30.1 Å². The van der Waals surface area contributed by atoms with Gasteiger partial charge in [-0.3, -0.25) is 14.6 Å². The Morgan fingerprint density at radius 2 is 1.84 bits per heavy atom. The summed E-state index contributed by atoms with van der Waals surface area (Å²) in [5.74, 6) is -0.754. The number of hydrogen-bond donors (Lipinski definition) is 2. The Morgan fingerprint density at radius 1 is 1.06 bits per heavy atom. The van der Waals surface area contributed by atoms with E-state index >= 15 is 0 Å². The summed E-state index contributed by atoms with van der Waals surface area (Å²) in [5.41, 5.74) is 2.48. The van der Waals surface area contributed by atoms with Gasteiger partial charge < -0.3 is 10.0 Å². The van der Waals surface area contributed by atoms with E-state index in [0.29, 0.717) is 33.4 Å². The zero-order chi connectivity index (χ0) is 22.0. The van der Waals surface area contributed by atoms with Gasteiger partial charge in [-0.15, -0.1) is 0 Å². The Morgan fingerprint density at radius 3 is 2.58 bits per heavy atom. The third kappa shape index (κ3) is 4.69.